The molecule has 0 heterocycles. The normalized spacial score (nSPS) is 6.00. The first-order valence-electron chi connectivity index (χ1n) is 2.31. The minimum Gasteiger partial charge on any atom is -0.450 e. The SMILES string of the molecule is N=C(N)N.N=C(N)N.O=C(O)O. The Balaban J connectivity index is -0.000000101. The third-order valence-corrected chi connectivity index (χ3v) is 0. The molecule has 0 bridgehead atoms. The van der Waals surface area contributed by atoms with Crippen molar-refractivity contribution in [1.29, 1.82) is 10.8 Å². The van der Waals surface area contributed by atoms with Gasteiger partial charge in [-0.2, -0.15) is 0 Å². The molecule has 0 aromatic rings. The molecule has 9 heteroatoms. The summed E-state index contributed by atoms with van der Waals surface area (Å²) in [5.41, 5.74) is 17.9. The van der Waals surface area contributed by atoms with Crippen LogP contribution >= 0.6 is 0 Å². The van der Waals surface area contributed by atoms with Crippen LogP contribution in [-0.2, 0) is 0 Å². The fourth-order valence-electron chi connectivity index (χ4n) is 0. The van der Waals surface area contributed by atoms with E-state index in [1.54, 1.807) is 0 Å². The van der Waals surface area contributed by atoms with E-state index in [1.165, 1.54) is 0 Å². The summed E-state index contributed by atoms with van der Waals surface area (Å²) in [6.45, 7) is 0. The molecule has 12 heavy (non-hydrogen) atoms. The third-order valence-electron chi connectivity index (χ3n) is 0. The van der Waals surface area contributed by atoms with Gasteiger partial charge in [-0.25, -0.2) is 4.79 Å². The minimum atomic E-state index is -1.83. The van der Waals surface area contributed by atoms with Gasteiger partial charge in [0.05, 0.1) is 0 Å². The van der Waals surface area contributed by atoms with E-state index in [4.69, 9.17) is 25.8 Å². The fraction of sp³-hybridized carbons (Fsp3) is 0. The topological polar surface area (TPSA) is 209 Å². The lowest BCUT2D eigenvalue weighted by Gasteiger charge is -1.69. The van der Waals surface area contributed by atoms with Crippen LogP contribution in [0.15, 0.2) is 0 Å². The van der Waals surface area contributed by atoms with Crippen molar-refractivity contribution in [2.24, 2.45) is 22.9 Å². The summed E-state index contributed by atoms with van der Waals surface area (Å²) in [6, 6.07) is 0. The highest BCUT2D eigenvalue weighted by Gasteiger charge is 1.70. The lowest BCUT2D eigenvalue weighted by atomic mass is 11.1. The van der Waals surface area contributed by atoms with Crippen molar-refractivity contribution in [2.45, 2.75) is 0 Å². The maximum atomic E-state index is 8.56. The number of hydrogen-bond acceptors (Lipinski definition) is 3. The van der Waals surface area contributed by atoms with Crippen LogP contribution in [0.2, 0.25) is 0 Å². The molecule has 12 N–H and O–H groups in total. The molecule has 0 aliphatic carbocycles. The van der Waals surface area contributed by atoms with Crippen LogP contribution in [0.1, 0.15) is 0 Å². The summed E-state index contributed by atoms with van der Waals surface area (Å²) in [5, 5.41) is 26.1. The maximum absolute atomic E-state index is 8.56. The first-order chi connectivity index (χ1) is 5.20. The van der Waals surface area contributed by atoms with Gasteiger partial charge in [0.25, 0.3) is 0 Å². The molecule has 0 radical (unpaired) electrons. The van der Waals surface area contributed by atoms with Crippen LogP contribution in [-0.4, -0.2) is 28.3 Å². The van der Waals surface area contributed by atoms with Crippen LogP contribution in [0.25, 0.3) is 0 Å². The van der Waals surface area contributed by atoms with Crippen molar-refractivity contribution in [1.82, 2.24) is 0 Å². The summed E-state index contributed by atoms with van der Waals surface area (Å²) in [5.74, 6) is -0.667. The van der Waals surface area contributed by atoms with Crippen molar-refractivity contribution in [3.05, 3.63) is 0 Å². The molecule has 0 unspecified atom stereocenters. The molecule has 0 aromatic carbocycles. The van der Waals surface area contributed by atoms with Crippen molar-refractivity contribution in [3.63, 3.8) is 0 Å². The first-order valence-corrected chi connectivity index (χ1v) is 2.31. The molecule has 0 fully saturated rings. The summed E-state index contributed by atoms with van der Waals surface area (Å²) in [6.07, 6.45) is -1.83. The second kappa shape index (κ2) is 11.6. The molecule has 0 atom stereocenters. The molecule has 72 valence electrons. The van der Waals surface area contributed by atoms with Crippen LogP contribution in [0.4, 0.5) is 4.79 Å². The number of hydrogen-bond donors (Lipinski definition) is 8. The Hall–Kier alpha value is -2.19. The van der Waals surface area contributed by atoms with E-state index in [0.717, 1.165) is 0 Å². The van der Waals surface area contributed by atoms with Gasteiger partial charge >= 0.3 is 6.16 Å². The second-order valence-electron chi connectivity index (χ2n) is 1.19. The van der Waals surface area contributed by atoms with Gasteiger partial charge in [-0.15, -0.1) is 0 Å². The molecular formula is C3H12N6O3. The van der Waals surface area contributed by atoms with Gasteiger partial charge < -0.3 is 33.1 Å². The predicted octanol–water partition coefficient (Wildman–Crippen LogP) is -2.10. The highest BCUT2D eigenvalue weighted by Crippen LogP contribution is 1.42. The molecule has 0 saturated heterocycles. The lowest BCUT2D eigenvalue weighted by molar-refractivity contribution is 0.137. The van der Waals surface area contributed by atoms with E-state index in [-0.39, 0.29) is 11.9 Å². The zero-order chi connectivity index (χ0) is 10.7. The number of guanidine groups is 2. The number of carboxylic acid groups (broad SMARTS) is 2. The van der Waals surface area contributed by atoms with Crippen molar-refractivity contribution in [2.75, 3.05) is 0 Å². The molecule has 0 aliphatic heterocycles. The number of rotatable bonds is 0. The lowest BCUT2D eigenvalue weighted by Crippen LogP contribution is -2.20. The number of nitrogens with two attached hydrogens (primary N) is 4. The number of carbonyl (C=O) groups is 1. The van der Waals surface area contributed by atoms with Crippen molar-refractivity contribution >= 4 is 18.1 Å². The zero-order valence-corrected chi connectivity index (χ0v) is 6.11. The Labute approximate surface area is 68.0 Å². The monoisotopic (exact) mass is 180 g/mol. The first kappa shape index (κ1) is 16.4. The van der Waals surface area contributed by atoms with Gasteiger partial charge in [-0.3, -0.25) is 10.8 Å². The molecule has 0 aliphatic rings. The second-order valence-corrected chi connectivity index (χ2v) is 1.19. The quantitative estimate of drug-likeness (QED) is 0.153. The Morgan fingerprint density at radius 2 is 0.917 bits per heavy atom. The van der Waals surface area contributed by atoms with Gasteiger partial charge in [0, 0.05) is 0 Å². The van der Waals surface area contributed by atoms with E-state index in [9.17, 15) is 0 Å². The molecule has 0 rings (SSSR count). The Bertz CT molecular complexity index is 116. The van der Waals surface area contributed by atoms with Gasteiger partial charge in [-0.05, 0) is 0 Å². The average molecular weight is 180 g/mol. The minimum absolute atomic E-state index is 0.333. The van der Waals surface area contributed by atoms with Gasteiger partial charge in [-0.1, -0.05) is 0 Å². The van der Waals surface area contributed by atoms with Gasteiger partial charge in [0.2, 0.25) is 0 Å². The molecule has 0 saturated carbocycles. The summed E-state index contributed by atoms with van der Waals surface area (Å²) in [7, 11) is 0. The van der Waals surface area contributed by atoms with E-state index in [0.29, 0.717) is 0 Å². The van der Waals surface area contributed by atoms with E-state index in [2.05, 4.69) is 22.9 Å². The van der Waals surface area contributed by atoms with Gasteiger partial charge in [0.1, 0.15) is 0 Å². The van der Waals surface area contributed by atoms with E-state index in [1.807, 2.05) is 0 Å². The van der Waals surface area contributed by atoms with Crippen molar-refractivity contribution < 1.29 is 15.0 Å². The van der Waals surface area contributed by atoms with Crippen LogP contribution in [0.5, 0.6) is 0 Å². The van der Waals surface area contributed by atoms with Crippen LogP contribution in [0, 0.1) is 10.8 Å². The molecule has 0 spiro atoms. The predicted molar refractivity (Wildman–Crippen MR) is 42.9 cm³/mol. The average Bonchev–Trinajstić information content (AvgIpc) is 1.54. The van der Waals surface area contributed by atoms with Crippen LogP contribution in [0.3, 0.4) is 0 Å². The zero-order valence-electron chi connectivity index (χ0n) is 6.11. The standard InChI is InChI=1S/2CH5N3.CH2O3/c3*2-1(3)4/h2*(H5,2,3,4);(H2,2,3,4). The summed E-state index contributed by atoms with van der Waals surface area (Å²) < 4.78 is 0. The summed E-state index contributed by atoms with van der Waals surface area (Å²) in [4.78, 5) is 8.56. The maximum Gasteiger partial charge on any atom is 0.503 e. The molecule has 0 amide bonds. The largest absolute Gasteiger partial charge is 0.503 e. The highest BCUT2D eigenvalue weighted by molar-refractivity contribution is 5.72. The molecular weight excluding hydrogens is 168 g/mol. The smallest absolute Gasteiger partial charge is 0.450 e. The van der Waals surface area contributed by atoms with E-state index >= 15 is 0 Å². The number of nitrogens with one attached hydrogen (secondary N) is 2. The highest BCUT2D eigenvalue weighted by atomic mass is 16.6. The molecule has 9 nitrogen and oxygen atoms in total. The Kier molecular flexibility index (Phi) is 15.9. The fourth-order valence-corrected chi connectivity index (χ4v) is 0. The summed E-state index contributed by atoms with van der Waals surface area (Å²) >= 11 is 0. The third kappa shape index (κ3) is 75.5. The van der Waals surface area contributed by atoms with Crippen molar-refractivity contribution in [3.8, 4) is 0 Å². The molecule has 0 aromatic heterocycles. The Morgan fingerprint density at radius 3 is 0.917 bits per heavy atom. The van der Waals surface area contributed by atoms with E-state index < -0.39 is 6.16 Å². The van der Waals surface area contributed by atoms with Crippen LogP contribution < -0.4 is 22.9 Å². The van der Waals surface area contributed by atoms with Gasteiger partial charge in [0.15, 0.2) is 11.9 Å². The Morgan fingerprint density at radius 1 is 0.917 bits per heavy atom.